The lowest BCUT2D eigenvalue weighted by molar-refractivity contribution is 0.0962. The number of carbonyl (C=O) groups is 1. The molecule has 0 saturated heterocycles. The third-order valence-corrected chi connectivity index (χ3v) is 2.74. The number of aryl methyl sites for hydroxylation is 1. The normalized spacial score (nSPS) is 12.4. The number of aromatic nitrogens is 1. The Labute approximate surface area is 96.0 Å². The fourth-order valence-corrected chi connectivity index (χ4v) is 1.57. The van der Waals surface area contributed by atoms with Gasteiger partial charge in [0, 0.05) is 12.6 Å². The summed E-state index contributed by atoms with van der Waals surface area (Å²) < 4.78 is 0. The van der Waals surface area contributed by atoms with E-state index in [-0.39, 0.29) is 11.7 Å². The smallest absolute Gasteiger partial charge is 0.166 e. The minimum atomic E-state index is 0.0333. The molecule has 88 valence electrons. The van der Waals surface area contributed by atoms with Gasteiger partial charge in [0.1, 0.15) is 5.82 Å². The molecule has 4 nitrogen and oxygen atoms in total. The van der Waals surface area contributed by atoms with E-state index in [0.717, 1.165) is 12.0 Å². The molecule has 1 aromatic rings. The molecule has 1 heterocycles. The number of ketones is 1. The molecule has 0 amide bonds. The Morgan fingerprint density at radius 2 is 2.25 bits per heavy atom. The third-order valence-electron chi connectivity index (χ3n) is 2.74. The van der Waals surface area contributed by atoms with E-state index in [2.05, 4.69) is 4.98 Å². The van der Waals surface area contributed by atoms with E-state index < -0.39 is 0 Å². The Morgan fingerprint density at radius 1 is 1.56 bits per heavy atom. The number of hydrogen-bond donors (Lipinski definition) is 2. The van der Waals surface area contributed by atoms with Crippen molar-refractivity contribution in [2.24, 2.45) is 11.7 Å². The maximum Gasteiger partial charge on any atom is 0.166 e. The second-order valence-corrected chi connectivity index (χ2v) is 4.08. The first-order valence-corrected chi connectivity index (χ1v) is 5.53. The van der Waals surface area contributed by atoms with Crippen LogP contribution < -0.4 is 11.5 Å². The summed E-state index contributed by atoms with van der Waals surface area (Å²) >= 11 is 0. The van der Waals surface area contributed by atoms with E-state index in [1.54, 1.807) is 12.3 Å². The molecule has 0 aromatic carbocycles. The van der Waals surface area contributed by atoms with Crippen LogP contribution in [0.15, 0.2) is 12.3 Å². The van der Waals surface area contributed by atoms with Gasteiger partial charge in [-0.2, -0.15) is 0 Å². The summed E-state index contributed by atoms with van der Waals surface area (Å²) in [4.78, 5) is 16.0. The van der Waals surface area contributed by atoms with E-state index >= 15 is 0 Å². The zero-order chi connectivity index (χ0) is 12.1. The lowest BCUT2D eigenvalue weighted by Gasteiger charge is -2.11. The summed E-state index contributed by atoms with van der Waals surface area (Å²) in [5.74, 6) is 0.570. The van der Waals surface area contributed by atoms with Crippen LogP contribution in [0.2, 0.25) is 0 Å². The maximum absolute atomic E-state index is 12.0. The van der Waals surface area contributed by atoms with Crippen molar-refractivity contribution < 1.29 is 4.79 Å². The van der Waals surface area contributed by atoms with Gasteiger partial charge in [-0.1, -0.05) is 13.3 Å². The summed E-state index contributed by atoms with van der Waals surface area (Å²) in [7, 11) is 0. The van der Waals surface area contributed by atoms with Crippen molar-refractivity contribution in [1.82, 2.24) is 4.98 Å². The number of rotatable bonds is 5. The molecule has 0 radical (unpaired) electrons. The Morgan fingerprint density at radius 3 is 2.81 bits per heavy atom. The van der Waals surface area contributed by atoms with Gasteiger partial charge in [0.25, 0.3) is 0 Å². The van der Waals surface area contributed by atoms with Gasteiger partial charge in [-0.15, -0.1) is 0 Å². The number of carbonyl (C=O) groups excluding carboxylic acids is 1. The van der Waals surface area contributed by atoms with Crippen LogP contribution in [0, 0.1) is 12.8 Å². The Kier molecular flexibility index (Phi) is 4.43. The highest BCUT2D eigenvalue weighted by atomic mass is 16.1. The van der Waals surface area contributed by atoms with Crippen LogP contribution >= 0.6 is 0 Å². The van der Waals surface area contributed by atoms with E-state index in [1.807, 2.05) is 13.8 Å². The highest BCUT2D eigenvalue weighted by Crippen LogP contribution is 2.16. The molecule has 0 saturated carbocycles. The second kappa shape index (κ2) is 5.61. The van der Waals surface area contributed by atoms with E-state index in [9.17, 15) is 4.79 Å². The van der Waals surface area contributed by atoms with Gasteiger partial charge in [-0.25, -0.2) is 4.98 Å². The summed E-state index contributed by atoms with van der Waals surface area (Å²) in [6.07, 6.45) is 3.01. The molecule has 1 rings (SSSR count). The molecule has 16 heavy (non-hydrogen) atoms. The molecule has 4 N–H and O–H groups in total. The standard InChI is InChI=1S/C12H19N3O/c1-3-9(6-13)5-11(16)10-4-8(2)7-15-12(10)14/h4,7,9H,3,5-6,13H2,1-2H3,(H2,14,15). The van der Waals surface area contributed by atoms with Crippen molar-refractivity contribution in [2.75, 3.05) is 12.3 Å². The van der Waals surface area contributed by atoms with E-state index in [0.29, 0.717) is 24.3 Å². The van der Waals surface area contributed by atoms with Gasteiger partial charge in [-0.05, 0) is 31.0 Å². The van der Waals surface area contributed by atoms with E-state index in [1.165, 1.54) is 0 Å². The van der Waals surface area contributed by atoms with Crippen molar-refractivity contribution in [1.29, 1.82) is 0 Å². The molecule has 4 heteroatoms. The predicted molar refractivity (Wildman–Crippen MR) is 65.2 cm³/mol. The molecule has 1 unspecified atom stereocenters. The molecule has 0 spiro atoms. The highest BCUT2D eigenvalue weighted by molar-refractivity contribution is 6.00. The summed E-state index contributed by atoms with van der Waals surface area (Å²) in [5.41, 5.74) is 12.7. The second-order valence-electron chi connectivity index (χ2n) is 4.08. The molecule has 0 fully saturated rings. The molecular formula is C12H19N3O. The van der Waals surface area contributed by atoms with Crippen LogP contribution in [0.4, 0.5) is 5.82 Å². The van der Waals surface area contributed by atoms with Crippen LogP contribution in [0.25, 0.3) is 0 Å². The van der Waals surface area contributed by atoms with Gasteiger partial charge >= 0.3 is 0 Å². The number of nitrogens with zero attached hydrogens (tertiary/aromatic N) is 1. The predicted octanol–water partition coefficient (Wildman–Crippen LogP) is 1.53. The van der Waals surface area contributed by atoms with Gasteiger partial charge in [-0.3, -0.25) is 4.79 Å². The van der Waals surface area contributed by atoms with Crippen LogP contribution in [0.1, 0.15) is 35.7 Å². The van der Waals surface area contributed by atoms with Crippen molar-refractivity contribution in [2.45, 2.75) is 26.7 Å². The third kappa shape index (κ3) is 3.03. The highest BCUT2D eigenvalue weighted by Gasteiger charge is 2.15. The van der Waals surface area contributed by atoms with Crippen molar-refractivity contribution in [3.05, 3.63) is 23.4 Å². The average molecular weight is 221 g/mol. The molecule has 0 aliphatic carbocycles. The molecule has 0 aliphatic rings. The molecule has 0 bridgehead atoms. The lowest BCUT2D eigenvalue weighted by atomic mass is 9.96. The maximum atomic E-state index is 12.0. The number of pyridine rings is 1. The quantitative estimate of drug-likeness (QED) is 0.739. The SMILES string of the molecule is CCC(CN)CC(=O)c1cc(C)cnc1N. The average Bonchev–Trinajstić information content (AvgIpc) is 2.28. The van der Waals surface area contributed by atoms with E-state index in [4.69, 9.17) is 11.5 Å². The minimum Gasteiger partial charge on any atom is -0.383 e. The summed E-state index contributed by atoms with van der Waals surface area (Å²) in [6.45, 7) is 4.45. The van der Waals surface area contributed by atoms with Crippen molar-refractivity contribution >= 4 is 11.6 Å². The summed E-state index contributed by atoms with van der Waals surface area (Å²) in [6, 6.07) is 1.79. The summed E-state index contributed by atoms with van der Waals surface area (Å²) in [5, 5.41) is 0. The number of nitrogens with two attached hydrogens (primary N) is 2. The number of Topliss-reactive ketones (excluding diaryl/α,β-unsaturated/α-hetero) is 1. The fraction of sp³-hybridized carbons (Fsp3) is 0.500. The minimum absolute atomic E-state index is 0.0333. The Hall–Kier alpha value is -1.42. The zero-order valence-electron chi connectivity index (χ0n) is 9.86. The Bertz CT molecular complexity index is 373. The zero-order valence-corrected chi connectivity index (χ0v) is 9.86. The largest absolute Gasteiger partial charge is 0.383 e. The van der Waals surface area contributed by atoms with Crippen molar-refractivity contribution in [3.8, 4) is 0 Å². The molecule has 1 aromatic heterocycles. The molecular weight excluding hydrogens is 202 g/mol. The number of hydrogen-bond acceptors (Lipinski definition) is 4. The first-order chi connectivity index (χ1) is 7.58. The molecule has 1 atom stereocenters. The van der Waals surface area contributed by atoms with Crippen LogP contribution in [0.5, 0.6) is 0 Å². The lowest BCUT2D eigenvalue weighted by Crippen LogP contribution is -2.18. The number of anilines is 1. The first-order valence-electron chi connectivity index (χ1n) is 5.53. The van der Waals surface area contributed by atoms with Gasteiger partial charge < -0.3 is 11.5 Å². The monoisotopic (exact) mass is 221 g/mol. The fourth-order valence-electron chi connectivity index (χ4n) is 1.57. The molecule has 0 aliphatic heterocycles. The topological polar surface area (TPSA) is 82.0 Å². The van der Waals surface area contributed by atoms with Crippen molar-refractivity contribution in [3.63, 3.8) is 0 Å². The van der Waals surface area contributed by atoms with Crippen LogP contribution in [-0.4, -0.2) is 17.3 Å². The Balaban J connectivity index is 2.83. The number of nitrogen functional groups attached to an aromatic ring is 1. The van der Waals surface area contributed by atoms with Gasteiger partial charge in [0.05, 0.1) is 5.56 Å². The van der Waals surface area contributed by atoms with Gasteiger partial charge in [0.15, 0.2) is 5.78 Å². The first kappa shape index (κ1) is 12.6. The van der Waals surface area contributed by atoms with Gasteiger partial charge in [0.2, 0.25) is 0 Å². The van der Waals surface area contributed by atoms with Crippen LogP contribution in [0.3, 0.4) is 0 Å². The van der Waals surface area contributed by atoms with Crippen LogP contribution in [-0.2, 0) is 0 Å².